The number of carbonyl (C=O) groups is 1. The highest BCUT2D eigenvalue weighted by atomic mass is 35.5. The number of benzene rings is 1. The van der Waals surface area contributed by atoms with E-state index in [9.17, 15) is 18.0 Å². The van der Waals surface area contributed by atoms with E-state index in [1.807, 2.05) is 0 Å². The fourth-order valence-electron chi connectivity index (χ4n) is 1.61. The van der Waals surface area contributed by atoms with Gasteiger partial charge in [-0.2, -0.15) is 18.3 Å². The molecule has 0 unspecified atom stereocenters. The third kappa shape index (κ3) is 2.85. The molecule has 0 radical (unpaired) electrons. The second-order valence-corrected chi connectivity index (χ2v) is 4.16. The first-order chi connectivity index (χ1) is 9.29. The highest BCUT2D eigenvalue weighted by Crippen LogP contribution is 2.36. The SMILES string of the molecule is O=C(O)Nc1cnn(-c2ccc(Cl)cc2)c1C(F)(F)F. The van der Waals surface area contributed by atoms with Crippen LogP contribution in [0.3, 0.4) is 0 Å². The second-order valence-electron chi connectivity index (χ2n) is 3.72. The number of aromatic nitrogens is 2. The van der Waals surface area contributed by atoms with Crippen molar-refractivity contribution in [2.45, 2.75) is 6.18 Å². The van der Waals surface area contributed by atoms with Crippen LogP contribution in [-0.4, -0.2) is 21.0 Å². The van der Waals surface area contributed by atoms with E-state index >= 15 is 0 Å². The summed E-state index contributed by atoms with van der Waals surface area (Å²) in [6, 6.07) is 5.50. The van der Waals surface area contributed by atoms with Crippen LogP contribution in [0.25, 0.3) is 5.69 Å². The van der Waals surface area contributed by atoms with Crippen molar-refractivity contribution in [1.82, 2.24) is 9.78 Å². The van der Waals surface area contributed by atoms with Crippen LogP contribution in [0.2, 0.25) is 5.02 Å². The molecule has 0 atom stereocenters. The van der Waals surface area contributed by atoms with E-state index in [0.29, 0.717) is 9.70 Å². The smallest absolute Gasteiger partial charge is 0.435 e. The zero-order valence-electron chi connectivity index (χ0n) is 9.65. The van der Waals surface area contributed by atoms with Gasteiger partial charge < -0.3 is 5.11 Å². The molecule has 0 saturated heterocycles. The standard InChI is InChI=1S/C11H7ClF3N3O2/c12-6-1-3-7(4-2-6)18-9(11(13,14)15)8(5-16-18)17-10(19)20/h1-5,17H,(H,19,20). The van der Waals surface area contributed by atoms with Crippen molar-refractivity contribution in [2.75, 3.05) is 5.32 Å². The van der Waals surface area contributed by atoms with E-state index in [4.69, 9.17) is 16.7 Å². The van der Waals surface area contributed by atoms with E-state index < -0.39 is 23.7 Å². The molecule has 0 spiro atoms. The molecule has 0 fully saturated rings. The Hall–Kier alpha value is -2.22. The van der Waals surface area contributed by atoms with Crippen LogP contribution in [0.5, 0.6) is 0 Å². The van der Waals surface area contributed by atoms with Crippen LogP contribution in [0.1, 0.15) is 5.69 Å². The maximum atomic E-state index is 13.0. The molecule has 20 heavy (non-hydrogen) atoms. The van der Waals surface area contributed by atoms with E-state index in [1.54, 1.807) is 5.32 Å². The average molecular weight is 306 g/mol. The zero-order chi connectivity index (χ0) is 14.9. The molecule has 1 heterocycles. The lowest BCUT2D eigenvalue weighted by Gasteiger charge is -2.12. The number of halogens is 4. The van der Waals surface area contributed by atoms with Gasteiger partial charge in [0.05, 0.1) is 17.6 Å². The first-order valence-electron chi connectivity index (χ1n) is 5.20. The topological polar surface area (TPSA) is 67.2 Å². The molecule has 1 amide bonds. The summed E-state index contributed by atoms with van der Waals surface area (Å²) in [7, 11) is 0. The molecule has 0 aliphatic heterocycles. The Bertz CT molecular complexity index is 637. The summed E-state index contributed by atoms with van der Waals surface area (Å²) in [5, 5.41) is 14.1. The van der Waals surface area contributed by atoms with E-state index in [-0.39, 0.29) is 5.69 Å². The molecule has 1 aromatic carbocycles. The Morgan fingerprint density at radius 1 is 1.30 bits per heavy atom. The van der Waals surface area contributed by atoms with Gasteiger partial charge in [-0.3, -0.25) is 5.32 Å². The third-order valence-electron chi connectivity index (χ3n) is 2.35. The minimum atomic E-state index is -4.77. The molecular weight excluding hydrogens is 299 g/mol. The lowest BCUT2D eigenvalue weighted by Crippen LogP contribution is -2.17. The van der Waals surface area contributed by atoms with Crippen molar-refractivity contribution in [1.29, 1.82) is 0 Å². The van der Waals surface area contributed by atoms with Gasteiger partial charge in [0.15, 0.2) is 5.69 Å². The number of amides is 1. The highest BCUT2D eigenvalue weighted by Gasteiger charge is 2.39. The van der Waals surface area contributed by atoms with Gasteiger partial charge in [-0.05, 0) is 24.3 Å². The van der Waals surface area contributed by atoms with Crippen molar-refractivity contribution in [3.8, 4) is 5.69 Å². The van der Waals surface area contributed by atoms with Crippen molar-refractivity contribution in [2.24, 2.45) is 0 Å². The Morgan fingerprint density at radius 3 is 2.40 bits per heavy atom. The Morgan fingerprint density at radius 2 is 1.90 bits per heavy atom. The normalized spacial score (nSPS) is 11.4. The lowest BCUT2D eigenvalue weighted by molar-refractivity contribution is -0.142. The number of hydrogen-bond donors (Lipinski definition) is 2. The predicted molar refractivity (Wildman–Crippen MR) is 65.2 cm³/mol. The molecule has 106 valence electrons. The fourth-order valence-corrected chi connectivity index (χ4v) is 1.73. The first-order valence-corrected chi connectivity index (χ1v) is 5.58. The van der Waals surface area contributed by atoms with Gasteiger partial charge >= 0.3 is 12.3 Å². The number of hydrogen-bond acceptors (Lipinski definition) is 2. The highest BCUT2D eigenvalue weighted by molar-refractivity contribution is 6.30. The molecule has 1 aromatic heterocycles. The summed E-state index contributed by atoms with van der Waals surface area (Å²) in [5.74, 6) is 0. The maximum Gasteiger partial charge on any atom is 0.435 e. The third-order valence-corrected chi connectivity index (χ3v) is 2.60. The van der Waals surface area contributed by atoms with Crippen LogP contribution >= 0.6 is 11.6 Å². The van der Waals surface area contributed by atoms with Crippen LogP contribution in [0.4, 0.5) is 23.7 Å². The Kier molecular flexibility index (Phi) is 3.58. The van der Waals surface area contributed by atoms with E-state index in [2.05, 4.69) is 5.10 Å². The predicted octanol–water partition coefficient (Wildman–Crippen LogP) is 3.63. The number of anilines is 1. The largest absolute Gasteiger partial charge is 0.465 e. The lowest BCUT2D eigenvalue weighted by atomic mass is 10.3. The van der Waals surface area contributed by atoms with Gasteiger partial charge in [0.25, 0.3) is 0 Å². The quantitative estimate of drug-likeness (QED) is 0.890. The summed E-state index contributed by atoms with van der Waals surface area (Å²) < 4.78 is 39.7. The molecule has 5 nitrogen and oxygen atoms in total. The van der Waals surface area contributed by atoms with Crippen LogP contribution < -0.4 is 5.32 Å². The molecule has 9 heteroatoms. The zero-order valence-corrected chi connectivity index (χ0v) is 10.4. The molecule has 2 aromatic rings. The summed E-state index contributed by atoms with van der Waals surface area (Å²) in [6.07, 6.45) is -5.58. The molecule has 2 N–H and O–H groups in total. The van der Waals surface area contributed by atoms with E-state index in [0.717, 1.165) is 6.20 Å². The van der Waals surface area contributed by atoms with Crippen molar-refractivity contribution >= 4 is 23.4 Å². The molecule has 0 aliphatic rings. The first kappa shape index (κ1) is 14.2. The van der Waals surface area contributed by atoms with Crippen molar-refractivity contribution in [3.63, 3.8) is 0 Å². The van der Waals surface area contributed by atoms with Crippen molar-refractivity contribution < 1.29 is 23.1 Å². The Labute approximate surface area is 115 Å². The number of nitrogens with zero attached hydrogens (tertiary/aromatic N) is 2. The van der Waals surface area contributed by atoms with Gasteiger partial charge in [-0.1, -0.05) is 11.6 Å². The second kappa shape index (κ2) is 5.04. The number of rotatable bonds is 2. The van der Waals surface area contributed by atoms with Crippen LogP contribution in [0, 0.1) is 0 Å². The van der Waals surface area contributed by atoms with E-state index in [1.165, 1.54) is 24.3 Å². The molecular formula is C11H7ClF3N3O2. The minimum absolute atomic E-state index is 0.111. The number of carboxylic acid groups (broad SMARTS) is 1. The monoisotopic (exact) mass is 305 g/mol. The fraction of sp³-hybridized carbons (Fsp3) is 0.0909. The molecule has 0 aliphatic carbocycles. The van der Waals surface area contributed by atoms with Crippen LogP contribution in [-0.2, 0) is 6.18 Å². The van der Waals surface area contributed by atoms with Gasteiger partial charge in [0, 0.05) is 5.02 Å². The summed E-state index contributed by atoms with van der Waals surface area (Å²) >= 11 is 5.66. The van der Waals surface area contributed by atoms with Gasteiger partial charge in [0.2, 0.25) is 0 Å². The molecule has 0 saturated carbocycles. The maximum absolute atomic E-state index is 13.0. The van der Waals surface area contributed by atoms with Crippen LogP contribution in [0.15, 0.2) is 30.5 Å². The number of alkyl halides is 3. The summed E-state index contributed by atoms with van der Waals surface area (Å²) in [4.78, 5) is 10.5. The molecule has 2 rings (SSSR count). The van der Waals surface area contributed by atoms with Gasteiger partial charge in [-0.25, -0.2) is 9.48 Å². The van der Waals surface area contributed by atoms with Gasteiger partial charge in [0.1, 0.15) is 0 Å². The summed E-state index contributed by atoms with van der Waals surface area (Å²) in [6.45, 7) is 0. The Balaban J connectivity index is 2.56. The molecule has 0 bridgehead atoms. The van der Waals surface area contributed by atoms with Crippen molar-refractivity contribution in [3.05, 3.63) is 41.2 Å². The minimum Gasteiger partial charge on any atom is -0.465 e. The van der Waals surface area contributed by atoms with Gasteiger partial charge in [-0.15, -0.1) is 0 Å². The average Bonchev–Trinajstić information content (AvgIpc) is 2.72. The summed E-state index contributed by atoms with van der Waals surface area (Å²) in [5.41, 5.74) is -1.73. The number of nitrogens with one attached hydrogen (secondary N) is 1.